The van der Waals surface area contributed by atoms with Crippen LogP contribution in [-0.2, 0) is 10.0 Å². The fraction of sp³-hybridized carbons (Fsp3) is 0.0769. The van der Waals surface area contributed by atoms with Gasteiger partial charge in [0.05, 0.1) is 5.69 Å². The van der Waals surface area contributed by atoms with Crippen molar-refractivity contribution in [2.75, 3.05) is 11.3 Å². The quantitative estimate of drug-likeness (QED) is 0.853. The fourth-order valence-electron chi connectivity index (χ4n) is 1.50. The van der Waals surface area contributed by atoms with Crippen LogP contribution in [-0.4, -0.2) is 20.0 Å². The molecule has 1 heterocycles. The molecule has 1 aromatic carbocycles. The molecule has 2 rings (SSSR count). The van der Waals surface area contributed by atoms with Crippen molar-refractivity contribution in [1.29, 1.82) is 5.26 Å². The third kappa shape index (κ3) is 4.08. The van der Waals surface area contributed by atoms with Crippen LogP contribution in [0.3, 0.4) is 0 Å². The highest BCUT2D eigenvalue weighted by atomic mass is 35.5. The molecule has 0 saturated carbocycles. The average molecular weight is 324 g/mol. The molecule has 21 heavy (non-hydrogen) atoms. The first-order valence-electron chi connectivity index (χ1n) is 5.75. The summed E-state index contributed by atoms with van der Waals surface area (Å²) in [6.07, 6.45) is 1.17. The third-order valence-electron chi connectivity index (χ3n) is 2.40. The van der Waals surface area contributed by atoms with E-state index in [2.05, 4.69) is 9.71 Å². The number of pyridine rings is 1. The van der Waals surface area contributed by atoms with E-state index in [-0.39, 0.29) is 16.7 Å². The first-order chi connectivity index (χ1) is 10.0. The van der Waals surface area contributed by atoms with Crippen LogP contribution in [0.15, 0.2) is 47.5 Å². The molecule has 1 N–H and O–H groups in total. The molecule has 0 aliphatic heterocycles. The Labute approximate surface area is 127 Å². The Bertz CT molecular complexity index is 770. The van der Waals surface area contributed by atoms with Crippen LogP contribution in [0.5, 0.6) is 5.75 Å². The zero-order valence-corrected chi connectivity index (χ0v) is 12.2. The summed E-state index contributed by atoms with van der Waals surface area (Å²) in [7, 11) is -3.76. The molecule has 1 aromatic heterocycles. The molecule has 0 unspecified atom stereocenters. The molecule has 0 aliphatic rings. The lowest BCUT2D eigenvalue weighted by Crippen LogP contribution is -2.13. The van der Waals surface area contributed by atoms with E-state index in [1.165, 1.54) is 24.4 Å². The summed E-state index contributed by atoms with van der Waals surface area (Å²) in [4.78, 5) is 3.73. The Balaban J connectivity index is 2.20. The van der Waals surface area contributed by atoms with Crippen molar-refractivity contribution in [3.05, 3.63) is 47.7 Å². The van der Waals surface area contributed by atoms with Crippen molar-refractivity contribution in [2.24, 2.45) is 0 Å². The zero-order chi connectivity index (χ0) is 15.3. The number of halogens is 1. The van der Waals surface area contributed by atoms with E-state index < -0.39 is 10.0 Å². The number of aromatic nitrogens is 1. The number of nitriles is 1. The van der Waals surface area contributed by atoms with Crippen molar-refractivity contribution < 1.29 is 13.2 Å². The fourth-order valence-corrected chi connectivity index (χ4v) is 2.61. The molecular weight excluding hydrogens is 314 g/mol. The van der Waals surface area contributed by atoms with Crippen molar-refractivity contribution in [2.45, 2.75) is 4.90 Å². The van der Waals surface area contributed by atoms with E-state index in [9.17, 15) is 8.42 Å². The highest BCUT2D eigenvalue weighted by Gasteiger charge is 2.14. The molecule has 0 radical (unpaired) electrons. The van der Waals surface area contributed by atoms with Crippen LogP contribution in [0.2, 0.25) is 5.15 Å². The van der Waals surface area contributed by atoms with Crippen molar-refractivity contribution in [3.8, 4) is 11.8 Å². The molecule has 0 aliphatic carbocycles. The largest absolute Gasteiger partial charge is 0.479 e. The monoisotopic (exact) mass is 323 g/mol. The Morgan fingerprint density at radius 3 is 2.81 bits per heavy atom. The highest BCUT2D eigenvalue weighted by Crippen LogP contribution is 2.21. The summed E-state index contributed by atoms with van der Waals surface area (Å²) in [5.41, 5.74) is 0.320. The second-order valence-electron chi connectivity index (χ2n) is 3.90. The number of rotatable bonds is 5. The summed E-state index contributed by atoms with van der Waals surface area (Å²) in [5, 5.41) is 8.66. The van der Waals surface area contributed by atoms with Crippen LogP contribution < -0.4 is 9.46 Å². The van der Waals surface area contributed by atoms with Crippen molar-refractivity contribution in [3.63, 3.8) is 0 Å². The number of nitrogens with one attached hydrogen (secondary N) is 1. The van der Waals surface area contributed by atoms with E-state index in [1.54, 1.807) is 18.2 Å². The molecule has 108 valence electrons. The van der Waals surface area contributed by atoms with Gasteiger partial charge in [-0.2, -0.15) is 5.26 Å². The average Bonchev–Trinajstić information content (AvgIpc) is 2.45. The van der Waals surface area contributed by atoms with Crippen molar-refractivity contribution >= 4 is 27.3 Å². The normalized spacial score (nSPS) is 10.7. The molecule has 0 fully saturated rings. The predicted octanol–water partition coefficient (Wildman–Crippen LogP) is 2.44. The smallest absolute Gasteiger partial charge is 0.263 e. The molecule has 2 aromatic rings. The Kier molecular flexibility index (Phi) is 4.62. The van der Waals surface area contributed by atoms with Gasteiger partial charge in [0.1, 0.15) is 21.9 Å². The minimum atomic E-state index is -3.76. The topological polar surface area (TPSA) is 92.1 Å². The van der Waals surface area contributed by atoms with E-state index in [4.69, 9.17) is 21.6 Å². The van der Waals surface area contributed by atoms with Gasteiger partial charge in [-0.05, 0) is 24.3 Å². The summed E-state index contributed by atoms with van der Waals surface area (Å²) in [6.45, 7) is -0.114. The van der Waals surface area contributed by atoms with Crippen LogP contribution >= 0.6 is 11.6 Å². The van der Waals surface area contributed by atoms with Gasteiger partial charge in [-0.25, -0.2) is 13.4 Å². The van der Waals surface area contributed by atoms with Gasteiger partial charge < -0.3 is 4.74 Å². The van der Waals surface area contributed by atoms with E-state index in [0.29, 0.717) is 11.4 Å². The number of sulfonamides is 1. The van der Waals surface area contributed by atoms with E-state index >= 15 is 0 Å². The minimum Gasteiger partial charge on any atom is -0.479 e. The zero-order valence-electron chi connectivity index (χ0n) is 10.7. The summed E-state index contributed by atoms with van der Waals surface area (Å²) >= 11 is 5.62. The molecule has 8 heteroatoms. The molecule has 0 spiro atoms. The van der Waals surface area contributed by atoms with Gasteiger partial charge in [0, 0.05) is 12.3 Å². The Hall–Kier alpha value is -2.30. The first-order valence-corrected chi connectivity index (χ1v) is 7.61. The first kappa shape index (κ1) is 15.1. The second kappa shape index (κ2) is 6.43. The van der Waals surface area contributed by atoms with Gasteiger partial charge in [-0.3, -0.25) is 4.72 Å². The van der Waals surface area contributed by atoms with Gasteiger partial charge in [-0.1, -0.05) is 17.7 Å². The van der Waals surface area contributed by atoms with Gasteiger partial charge >= 0.3 is 0 Å². The maximum atomic E-state index is 12.2. The lowest BCUT2D eigenvalue weighted by molar-refractivity contribution is 0.368. The summed E-state index contributed by atoms with van der Waals surface area (Å²) in [6, 6.07) is 10.9. The molecular formula is C13H10ClN3O3S. The van der Waals surface area contributed by atoms with Crippen LogP contribution in [0, 0.1) is 11.3 Å². The highest BCUT2D eigenvalue weighted by molar-refractivity contribution is 7.92. The second-order valence-corrected chi connectivity index (χ2v) is 5.97. The number of benzene rings is 1. The van der Waals surface area contributed by atoms with E-state index in [0.717, 1.165) is 0 Å². The number of nitrogens with zero attached hydrogens (tertiary/aromatic N) is 2. The van der Waals surface area contributed by atoms with E-state index in [1.807, 2.05) is 6.07 Å². The maximum Gasteiger partial charge on any atom is 0.263 e. The maximum absolute atomic E-state index is 12.2. The number of hydrogen-bond donors (Lipinski definition) is 1. The number of anilines is 1. The lowest BCUT2D eigenvalue weighted by atomic mass is 10.3. The predicted molar refractivity (Wildman–Crippen MR) is 77.6 cm³/mol. The van der Waals surface area contributed by atoms with Crippen LogP contribution in [0.4, 0.5) is 5.69 Å². The molecule has 6 nitrogen and oxygen atoms in total. The van der Waals surface area contributed by atoms with Gasteiger partial charge in [-0.15, -0.1) is 0 Å². The Morgan fingerprint density at radius 1 is 1.33 bits per heavy atom. The van der Waals surface area contributed by atoms with Crippen molar-refractivity contribution in [1.82, 2.24) is 4.98 Å². The number of ether oxygens (including phenoxy) is 1. The molecule has 0 saturated heterocycles. The number of hydrogen-bond acceptors (Lipinski definition) is 5. The summed E-state index contributed by atoms with van der Waals surface area (Å²) in [5.74, 6) is 0.394. The van der Waals surface area contributed by atoms with Gasteiger partial charge in [0.25, 0.3) is 10.0 Å². The summed E-state index contributed by atoms with van der Waals surface area (Å²) < 4.78 is 31.8. The van der Waals surface area contributed by atoms with Gasteiger partial charge in [0.2, 0.25) is 0 Å². The van der Waals surface area contributed by atoms with Crippen LogP contribution in [0.25, 0.3) is 0 Å². The lowest BCUT2D eigenvalue weighted by Gasteiger charge is -2.09. The molecule has 0 bridgehead atoms. The van der Waals surface area contributed by atoms with Gasteiger partial charge in [0.15, 0.2) is 6.61 Å². The molecule has 0 atom stereocenters. The molecule has 0 amide bonds. The SMILES string of the molecule is N#CCOc1cccc(NS(=O)(=O)c2ccc(Cl)nc2)c1. The minimum absolute atomic E-state index is 0.00440. The standard InChI is InChI=1S/C13H10ClN3O3S/c14-13-5-4-12(9-16-13)21(18,19)17-10-2-1-3-11(8-10)20-7-6-15/h1-5,8-9,17H,7H2. The Morgan fingerprint density at radius 2 is 2.14 bits per heavy atom. The van der Waals surface area contributed by atoms with Crippen LogP contribution in [0.1, 0.15) is 0 Å². The third-order valence-corrected chi connectivity index (χ3v) is 3.99.